The van der Waals surface area contributed by atoms with Crippen molar-refractivity contribution in [3.8, 4) is 11.7 Å². The van der Waals surface area contributed by atoms with Crippen molar-refractivity contribution in [1.29, 1.82) is 0 Å². The summed E-state index contributed by atoms with van der Waals surface area (Å²) in [7, 11) is 1.09. The maximum Gasteiger partial charge on any atom is 0.422 e. The summed E-state index contributed by atoms with van der Waals surface area (Å²) >= 11 is 6.03. The molecule has 1 aliphatic rings. The lowest BCUT2D eigenvalue weighted by Gasteiger charge is -2.19. The summed E-state index contributed by atoms with van der Waals surface area (Å²) in [5.74, 6) is -3.93. The van der Waals surface area contributed by atoms with Crippen LogP contribution in [-0.4, -0.2) is 85.9 Å². The van der Waals surface area contributed by atoms with Crippen LogP contribution in [0.25, 0.3) is 5.69 Å². The number of nitrogens with one attached hydrogen (secondary N) is 5. The summed E-state index contributed by atoms with van der Waals surface area (Å²) in [5.41, 5.74) is 1.71. The number of anilines is 4. The Bertz CT molecular complexity index is 2190. The highest BCUT2D eigenvalue weighted by molar-refractivity contribution is 6.39. The average Bonchev–Trinajstić information content (AvgIpc) is 3.74. The highest BCUT2D eigenvalue weighted by Crippen LogP contribution is 2.48. The Kier molecular flexibility index (Phi) is 11.6. The van der Waals surface area contributed by atoms with Crippen molar-refractivity contribution < 1.29 is 41.8 Å². The van der Waals surface area contributed by atoms with Crippen LogP contribution in [-0.2, 0) is 24.7 Å². The van der Waals surface area contributed by atoms with Crippen molar-refractivity contribution in [2.45, 2.75) is 30.6 Å². The third-order valence-electron chi connectivity index (χ3n) is 8.15. The molecule has 2 heterocycles. The minimum absolute atomic E-state index is 0.0421. The molecule has 21 heteroatoms. The van der Waals surface area contributed by atoms with E-state index in [1.54, 1.807) is 36.4 Å². The molecule has 6 rings (SSSR count). The van der Waals surface area contributed by atoms with Crippen LogP contribution in [0.1, 0.15) is 28.8 Å². The van der Waals surface area contributed by atoms with Gasteiger partial charge < -0.3 is 36.1 Å². The molecule has 1 fully saturated rings. The topological polar surface area (TPSA) is 216 Å². The van der Waals surface area contributed by atoms with Crippen LogP contribution in [0.3, 0.4) is 0 Å². The molecule has 2 aromatic heterocycles. The van der Waals surface area contributed by atoms with E-state index in [4.69, 9.17) is 21.1 Å². The molecule has 0 saturated heterocycles. The van der Waals surface area contributed by atoms with Crippen LogP contribution in [0.15, 0.2) is 85.5 Å². The molecule has 0 spiro atoms. The van der Waals surface area contributed by atoms with Crippen LogP contribution in [0.4, 0.5) is 36.4 Å². The second-order valence-corrected chi connectivity index (χ2v) is 12.6. The van der Waals surface area contributed by atoms with E-state index in [1.165, 1.54) is 41.6 Å². The van der Waals surface area contributed by atoms with Crippen LogP contribution >= 0.6 is 11.6 Å². The number of benzene rings is 3. The molecule has 56 heavy (non-hydrogen) atoms. The molecule has 5 N–H and O–H groups in total. The fourth-order valence-electron chi connectivity index (χ4n) is 5.19. The third kappa shape index (κ3) is 10.2. The summed E-state index contributed by atoms with van der Waals surface area (Å²) in [5, 5.41) is 17.8. The quantitative estimate of drug-likeness (QED) is 0.0797. The maximum absolute atomic E-state index is 13.1. The maximum atomic E-state index is 13.1. The van der Waals surface area contributed by atoms with E-state index in [1.807, 2.05) is 12.1 Å². The first-order valence-electron chi connectivity index (χ1n) is 16.6. The summed E-state index contributed by atoms with van der Waals surface area (Å²) in [6, 6.07) is 17.2. The predicted octanol–water partition coefficient (Wildman–Crippen LogP) is 3.92. The molecule has 290 valence electrons. The first kappa shape index (κ1) is 38.9. The highest BCUT2D eigenvalue weighted by Gasteiger charge is 2.45. The number of hydrogen-bond acceptors (Lipinski definition) is 13. The molecule has 1 aliphatic carbocycles. The Morgan fingerprint density at radius 2 is 1.57 bits per heavy atom. The zero-order valence-electron chi connectivity index (χ0n) is 29.1. The number of methoxy groups -OCH3 is 1. The molecule has 3 amide bonds. The smallest absolute Gasteiger partial charge is 0.422 e. The van der Waals surface area contributed by atoms with Crippen molar-refractivity contribution in [3.63, 3.8) is 0 Å². The van der Waals surface area contributed by atoms with Gasteiger partial charge in [0.15, 0.2) is 6.61 Å². The minimum Gasteiger partial charge on any atom is -0.467 e. The second kappa shape index (κ2) is 16.7. The first-order valence-corrected chi connectivity index (χ1v) is 17.0. The Labute approximate surface area is 320 Å². The molecule has 3 aromatic carbocycles. The lowest BCUT2D eigenvalue weighted by molar-refractivity contribution is -0.154. The van der Waals surface area contributed by atoms with Crippen molar-refractivity contribution in [1.82, 2.24) is 40.3 Å². The van der Waals surface area contributed by atoms with Crippen molar-refractivity contribution >= 4 is 58.6 Å². The van der Waals surface area contributed by atoms with Crippen LogP contribution in [0.2, 0.25) is 5.02 Å². The van der Waals surface area contributed by atoms with E-state index < -0.39 is 60.6 Å². The number of carbonyl (C=O) groups is 4. The molecule has 17 nitrogen and oxygen atoms in total. The van der Waals surface area contributed by atoms with Gasteiger partial charge in [-0.1, -0.05) is 23.7 Å². The largest absolute Gasteiger partial charge is 0.467 e. The zero-order valence-corrected chi connectivity index (χ0v) is 29.9. The number of nitrogens with zero attached hydrogens (tertiary/aromatic N) is 6. The van der Waals surface area contributed by atoms with E-state index in [9.17, 15) is 32.3 Å². The van der Waals surface area contributed by atoms with E-state index in [2.05, 4.69) is 51.6 Å². The first-order chi connectivity index (χ1) is 26.8. The number of amides is 3. The zero-order chi connectivity index (χ0) is 39.9. The fourth-order valence-corrected chi connectivity index (χ4v) is 5.31. The Morgan fingerprint density at radius 3 is 2.20 bits per heavy atom. The summed E-state index contributed by atoms with van der Waals surface area (Å²) in [6.07, 6.45) is -0.391. The van der Waals surface area contributed by atoms with Gasteiger partial charge in [0.25, 0.3) is 5.91 Å². The van der Waals surface area contributed by atoms with Gasteiger partial charge in [0.2, 0.25) is 11.9 Å². The molecular formula is C35H31ClF3N11O6. The van der Waals surface area contributed by atoms with Gasteiger partial charge in [-0.3, -0.25) is 14.4 Å². The van der Waals surface area contributed by atoms with Crippen LogP contribution < -0.4 is 31.3 Å². The van der Waals surface area contributed by atoms with E-state index in [0.717, 1.165) is 12.7 Å². The van der Waals surface area contributed by atoms with E-state index >= 15 is 0 Å². The van der Waals surface area contributed by atoms with Crippen molar-refractivity contribution in [2.24, 2.45) is 0 Å². The predicted molar refractivity (Wildman–Crippen MR) is 193 cm³/mol. The summed E-state index contributed by atoms with van der Waals surface area (Å²) < 4.78 is 50.0. The lowest BCUT2D eigenvalue weighted by Crippen LogP contribution is -2.50. The molecule has 0 unspecified atom stereocenters. The molecule has 5 aromatic rings. The summed E-state index contributed by atoms with van der Waals surface area (Å²) in [4.78, 5) is 66.8. The van der Waals surface area contributed by atoms with Gasteiger partial charge in [0.05, 0.1) is 18.3 Å². The Morgan fingerprint density at radius 1 is 0.893 bits per heavy atom. The van der Waals surface area contributed by atoms with Gasteiger partial charge in [-0.25, -0.2) is 14.5 Å². The Hall–Kier alpha value is -6.83. The number of ether oxygens (including phenoxy) is 2. The second-order valence-electron chi connectivity index (χ2n) is 12.2. The number of aromatic nitrogens is 6. The third-order valence-corrected chi connectivity index (χ3v) is 8.41. The number of halogens is 4. The van der Waals surface area contributed by atoms with Gasteiger partial charge in [0.1, 0.15) is 18.7 Å². The monoisotopic (exact) mass is 793 g/mol. The van der Waals surface area contributed by atoms with Gasteiger partial charge in [-0.2, -0.15) is 33.2 Å². The van der Waals surface area contributed by atoms with Crippen LogP contribution in [0.5, 0.6) is 6.01 Å². The van der Waals surface area contributed by atoms with Gasteiger partial charge >= 0.3 is 30.0 Å². The lowest BCUT2D eigenvalue weighted by atomic mass is 10.1. The number of alkyl halides is 3. The molecule has 1 saturated carbocycles. The molecular weight excluding hydrogens is 763 g/mol. The molecule has 0 bridgehead atoms. The fraction of sp³-hybridized carbons (Fsp3) is 0.229. The van der Waals surface area contributed by atoms with E-state index in [0.29, 0.717) is 34.9 Å². The average molecular weight is 794 g/mol. The minimum atomic E-state index is -4.65. The van der Waals surface area contributed by atoms with Gasteiger partial charge in [-0.15, -0.1) is 0 Å². The van der Waals surface area contributed by atoms with Crippen molar-refractivity contribution in [2.75, 3.05) is 36.2 Å². The summed E-state index contributed by atoms with van der Waals surface area (Å²) in [6.45, 7) is -2.12. The van der Waals surface area contributed by atoms with Crippen molar-refractivity contribution in [3.05, 3.63) is 102 Å². The molecule has 1 atom stereocenters. The van der Waals surface area contributed by atoms with Gasteiger partial charge in [-0.05, 0) is 79.1 Å². The van der Waals surface area contributed by atoms with Crippen LogP contribution in [0, 0.1) is 0 Å². The number of hydrogen-bond donors (Lipinski definition) is 5. The number of carbonyl (C=O) groups excluding carboxylic acids is 4. The highest BCUT2D eigenvalue weighted by atomic mass is 35.5. The molecule has 0 aliphatic heterocycles. The normalized spacial score (nSPS) is 13.4. The number of esters is 1. The van der Waals surface area contributed by atoms with Gasteiger partial charge in [0, 0.05) is 28.5 Å². The SMILES string of the molecule is COC(=O)[C@H](CNC(=O)C(=O)Nc1ccc(-n2cncn2)cc1)NC(=O)c1ccc(Nc2nc(NC3(c4ccc(Cl)cc4)CC3)nc(OCC(F)(F)F)n2)cc1. The molecule has 0 radical (unpaired) electrons. The Balaban J connectivity index is 1.07. The van der Waals surface area contributed by atoms with E-state index in [-0.39, 0.29) is 17.5 Å². The number of rotatable bonds is 14. The standard InChI is InChI=1S/C35H31ClF3N11O6/c1-55-30(54)26(16-41-28(52)29(53)43-23-10-12-25(13-11-23)50-19-40-18-42-50)45-27(51)20-2-8-24(9-3-20)44-31-46-32(48-33(47-31)56-17-35(37,38)39)49-34(14-15-34)21-4-6-22(36)7-5-21/h2-13,18-19,26H,14-17H2,1H3,(H,41,52)(H,43,53)(H,45,51)(H2,44,46,47,48,49)/t26-/m0/s1.